The fourth-order valence-corrected chi connectivity index (χ4v) is 3.58. The van der Waals surface area contributed by atoms with Crippen molar-refractivity contribution in [1.29, 1.82) is 0 Å². The van der Waals surface area contributed by atoms with Gasteiger partial charge in [0.2, 0.25) is 5.91 Å². The number of amides is 2. The predicted molar refractivity (Wildman–Crippen MR) is 82.7 cm³/mol. The van der Waals surface area contributed by atoms with Crippen LogP contribution in [0, 0.1) is 11.7 Å². The van der Waals surface area contributed by atoms with Crippen LogP contribution in [0.5, 0.6) is 0 Å². The highest BCUT2D eigenvalue weighted by atomic mass is 19.1. The lowest BCUT2D eigenvalue weighted by atomic mass is 9.95. The van der Waals surface area contributed by atoms with Crippen molar-refractivity contribution in [2.75, 3.05) is 25.1 Å². The molecule has 7 heteroatoms. The molecule has 1 atom stereocenters. The van der Waals surface area contributed by atoms with E-state index < -0.39 is 11.9 Å². The molecular formula is C17H20FN2O4+. The molecule has 24 heavy (non-hydrogen) atoms. The molecule has 3 rings (SSSR count). The Morgan fingerprint density at radius 1 is 1.25 bits per heavy atom. The molecule has 2 amide bonds. The largest absolute Gasteiger partial charge is 0.469 e. The summed E-state index contributed by atoms with van der Waals surface area (Å²) in [5, 5.41) is 0. The van der Waals surface area contributed by atoms with Crippen molar-refractivity contribution in [3.63, 3.8) is 0 Å². The number of nitrogens with zero attached hydrogens (tertiary/aromatic N) is 1. The van der Waals surface area contributed by atoms with Gasteiger partial charge in [-0.05, 0) is 12.1 Å². The molecule has 2 aliphatic heterocycles. The second-order valence-electron chi connectivity index (χ2n) is 6.23. The van der Waals surface area contributed by atoms with Crippen molar-refractivity contribution < 1.29 is 28.4 Å². The number of nitrogens with one attached hydrogen (secondary N) is 1. The van der Waals surface area contributed by atoms with Crippen molar-refractivity contribution in [1.82, 2.24) is 0 Å². The van der Waals surface area contributed by atoms with Crippen LogP contribution < -0.4 is 9.80 Å². The summed E-state index contributed by atoms with van der Waals surface area (Å²) in [4.78, 5) is 38.4. The Balaban J connectivity index is 1.71. The minimum absolute atomic E-state index is 0.0128. The number of ether oxygens (including phenoxy) is 1. The highest BCUT2D eigenvalue weighted by Crippen LogP contribution is 2.25. The molecule has 1 aromatic carbocycles. The summed E-state index contributed by atoms with van der Waals surface area (Å²) in [5.41, 5.74) is 0.0128. The summed E-state index contributed by atoms with van der Waals surface area (Å²) in [5.74, 6) is -1.70. The first-order valence-corrected chi connectivity index (χ1v) is 8.06. The molecule has 0 aliphatic carbocycles. The third kappa shape index (κ3) is 2.91. The molecule has 2 fully saturated rings. The molecule has 1 N–H and O–H groups in total. The summed E-state index contributed by atoms with van der Waals surface area (Å²) < 4.78 is 18.7. The van der Waals surface area contributed by atoms with Gasteiger partial charge in [-0.1, -0.05) is 12.1 Å². The van der Waals surface area contributed by atoms with Crippen LogP contribution in [0.2, 0.25) is 0 Å². The fraction of sp³-hybridized carbons (Fsp3) is 0.471. The number of para-hydroxylation sites is 1. The molecular weight excluding hydrogens is 315 g/mol. The number of rotatable bonds is 3. The van der Waals surface area contributed by atoms with E-state index >= 15 is 0 Å². The van der Waals surface area contributed by atoms with Crippen LogP contribution in [0.25, 0.3) is 0 Å². The average Bonchev–Trinajstić information content (AvgIpc) is 2.89. The van der Waals surface area contributed by atoms with Crippen molar-refractivity contribution in [3.8, 4) is 0 Å². The van der Waals surface area contributed by atoms with Crippen LogP contribution in [0.3, 0.4) is 0 Å². The maximum Gasteiger partial charge on any atom is 0.309 e. The lowest BCUT2D eigenvalue weighted by molar-refractivity contribution is -0.920. The van der Waals surface area contributed by atoms with Crippen LogP contribution in [-0.4, -0.2) is 44.0 Å². The molecule has 0 unspecified atom stereocenters. The normalized spacial score (nSPS) is 27.4. The smallest absolute Gasteiger partial charge is 0.309 e. The Labute approximate surface area is 139 Å². The standard InChI is InChI=1S/C17H19FN2O4/c1-24-17(23)11-6-8-19(9-7-11)14-10-15(21)20(16(14)22)13-5-3-2-4-12(13)18/h2-5,11,14H,6-10H2,1H3/p+1/t14-/m0/s1. The van der Waals surface area contributed by atoms with Crippen LogP contribution in [0.1, 0.15) is 19.3 Å². The van der Waals surface area contributed by atoms with E-state index in [1.54, 1.807) is 6.07 Å². The first-order chi connectivity index (χ1) is 11.5. The maximum atomic E-state index is 13.9. The van der Waals surface area contributed by atoms with Crippen molar-refractivity contribution in [2.24, 2.45) is 5.92 Å². The lowest BCUT2D eigenvalue weighted by Gasteiger charge is -2.30. The van der Waals surface area contributed by atoms with Gasteiger partial charge in [0.1, 0.15) is 5.82 Å². The minimum atomic E-state index is -0.584. The molecule has 2 aliphatic rings. The number of methoxy groups -OCH3 is 1. The summed E-state index contributed by atoms with van der Waals surface area (Å²) in [6.07, 6.45) is 1.32. The molecule has 0 spiro atoms. The number of hydrogen-bond donors (Lipinski definition) is 1. The second-order valence-corrected chi connectivity index (χ2v) is 6.23. The Hall–Kier alpha value is -2.28. The molecule has 2 saturated heterocycles. The van der Waals surface area contributed by atoms with E-state index in [9.17, 15) is 18.8 Å². The molecule has 6 nitrogen and oxygen atoms in total. The quantitative estimate of drug-likeness (QED) is 0.620. The van der Waals surface area contributed by atoms with Crippen molar-refractivity contribution in [2.45, 2.75) is 25.3 Å². The zero-order valence-electron chi connectivity index (χ0n) is 13.5. The van der Waals surface area contributed by atoms with Gasteiger partial charge < -0.3 is 9.64 Å². The van der Waals surface area contributed by atoms with Crippen LogP contribution in [0.4, 0.5) is 10.1 Å². The topological polar surface area (TPSA) is 68.1 Å². The van der Waals surface area contributed by atoms with E-state index in [1.807, 2.05) is 0 Å². The zero-order chi connectivity index (χ0) is 17.3. The SMILES string of the molecule is COC(=O)C1CC[NH+]([C@H]2CC(=O)N(c3ccccc3F)C2=O)CC1. The molecule has 0 saturated carbocycles. The number of carbonyl (C=O) groups excluding carboxylic acids is 3. The molecule has 0 radical (unpaired) electrons. The summed E-state index contributed by atoms with van der Waals surface area (Å²) >= 11 is 0. The van der Waals surface area contributed by atoms with Crippen LogP contribution in [-0.2, 0) is 19.1 Å². The van der Waals surface area contributed by atoms with E-state index in [0.29, 0.717) is 25.9 Å². The third-order valence-electron chi connectivity index (χ3n) is 4.90. The number of anilines is 1. The number of quaternary nitrogens is 1. The monoisotopic (exact) mass is 335 g/mol. The number of piperidine rings is 1. The molecule has 1 aromatic rings. The van der Waals surface area contributed by atoms with Gasteiger partial charge in [-0.2, -0.15) is 0 Å². The molecule has 128 valence electrons. The molecule has 0 aromatic heterocycles. The number of imide groups is 1. The molecule has 0 bridgehead atoms. The van der Waals surface area contributed by atoms with Gasteiger partial charge in [0.05, 0.1) is 38.2 Å². The highest BCUT2D eigenvalue weighted by molar-refractivity contribution is 6.21. The first kappa shape index (κ1) is 16.6. The van der Waals surface area contributed by atoms with Gasteiger partial charge in [0.25, 0.3) is 5.91 Å². The zero-order valence-corrected chi connectivity index (χ0v) is 13.5. The Morgan fingerprint density at radius 3 is 2.54 bits per heavy atom. The second kappa shape index (κ2) is 6.68. The Bertz CT molecular complexity index is 670. The number of carbonyl (C=O) groups is 3. The number of benzene rings is 1. The number of halogens is 1. The van der Waals surface area contributed by atoms with E-state index in [-0.39, 0.29) is 35.8 Å². The predicted octanol–water partition coefficient (Wildman–Crippen LogP) is -0.0745. The maximum absolute atomic E-state index is 13.9. The van der Waals surface area contributed by atoms with E-state index in [2.05, 4.69) is 0 Å². The van der Waals surface area contributed by atoms with Gasteiger partial charge in [-0.25, -0.2) is 9.29 Å². The molecule has 2 heterocycles. The van der Waals surface area contributed by atoms with Gasteiger partial charge >= 0.3 is 5.97 Å². The summed E-state index contributed by atoms with van der Waals surface area (Å²) in [6.45, 7) is 1.24. The van der Waals surface area contributed by atoms with Crippen molar-refractivity contribution >= 4 is 23.5 Å². The van der Waals surface area contributed by atoms with E-state index in [4.69, 9.17) is 4.74 Å². The van der Waals surface area contributed by atoms with Gasteiger partial charge in [0, 0.05) is 12.8 Å². The van der Waals surface area contributed by atoms with Crippen molar-refractivity contribution in [3.05, 3.63) is 30.1 Å². The van der Waals surface area contributed by atoms with Gasteiger partial charge in [-0.15, -0.1) is 0 Å². The summed E-state index contributed by atoms with van der Waals surface area (Å²) in [6, 6.07) is 5.28. The number of esters is 1. The minimum Gasteiger partial charge on any atom is -0.469 e. The summed E-state index contributed by atoms with van der Waals surface area (Å²) in [7, 11) is 1.37. The van der Waals surface area contributed by atoms with E-state index in [0.717, 1.165) is 9.80 Å². The highest BCUT2D eigenvalue weighted by Gasteiger charge is 2.47. The average molecular weight is 335 g/mol. The fourth-order valence-electron chi connectivity index (χ4n) is 3.58. The Kier molecular flexibility index (Phi) is 4.62. The Morgan fingerprint density at radius 2 is 1.92 bits per heavy atom. The van der Waals surface area contributed by atoms with Crippen LogP contribution in [0.15, 0.2) is 24.3 Å². The third-order valence-corrected chi connectivity index (χ3v) is 4.90. The van der Waals surface area contributed by atoms with Gasteiger partial charge in [-0.3, -0.25) is 14.4 Å². The number of likely N-dealkylation sites (tertiary alicyclic amines) is 1. The van der Waals surface area contributed by atoms with E-state index in [1.165, 1.54) is 25.3 Å². The van der Waals surface area contributed by atoms with Crippen LogP contribution >= 0.6 is 0 Å². The first-order valence-electron chi connectivity index (χ1n) is 8.06. The number of hydrogen-bond acceptors (Lipinski definition) is 4. The lowest BCUT2D eigenvalue weighted by Crippen LogP contribution is -3.17. The van der Waals surface area contributed by atoms with Gasteiger partial charge in [0.15, 0.2) is 6.04 Å².